The molecule has 0 fully saturated rings. The first-order valence-electron chi connectivity index (χ1n) is 6.42. The highest BCUT2D eigenvalue weighted by molar-refractivity contribution is 5.94. The molecule has 0 aliphatic carbocycles. The summed E-state index contributed by atoms with van der Waals surface area (Å²) in [6.45, 7) is 5.93. The zero-order chi connectivity index (χ0) is 13.7. The predicted molar refractivity (Wildman–Crippen MR) is 76.0 cm³/mol. The Hall–Kier alpha value is -1.35. The second kappa shape index (κ2) is 6.55. The maximum Gasteiger partial charge on any atom is 0.253 e. The van der Waals surface area contributed by atoms with Crippen LogP contribution >= 0.6 is 0 Å². The van der Waals surface area contributed by atoms with Gasteiger partial charge in [0.25, 0.3) is 5.91 Å². The van der Waals surface area contributed by atoms with Gasteiger partial charge in [0, 0.05) is 25.7 Å². The Labute approximate surface area is 110 Å². The quantitative estimate of drug-likeness (QED) is 0.799. The summed E-state index contributed by atoms with van der Waals surface area (Å²) in [7, 11) is 5.87. The highest BCUT2D eigenvalue weighted by Crippen LogP contribution is 2.15. The third-order valence-electron chi connectivity index (χ3n) is 3.05. The van der Waals surface area contributed by atoms with Gasteiger partial charge in [0.2, 0.25) is 0 Å². The van der Waals surface area contributed by atoms with Crippen molar-refractivity contribution in [3.05, 3.63) is 35.4 Å². The van der Waals surface area contributed by atoms with Crippen LogP contribution in [-0.2, 0) is 0 Å². The van der Waals surface area contributed by atoms with Crippen LogP contribution < -0.4 is 0 Å². The molecule has 1 amide bonds. The van der Waals surface area contributed by atoms with E-state index in [1.165, 1.54) is 5.56 Å². The molecule has 0 heterocycles. The van der Waals surface area contributed by atoms with Gasteiger partial charge in [-0.25, -0.2) is 0 Å². The highest BCUT2D eigenvalue weighted by Gasteiger charge is 2.11. The fourth-order valence-electron chi connectivity index (χ4n) is 1.68. The molecule has 0 saturated heterocycles. The Morgan fingerprint density at radius 2 is 1.61 bits per heavy atom. The summed E-state index contributed by atoms with van der Waals surface area (Å²) in [4.78, 5) is 16.0. The topological polar surface area (TPSA) is 23.6 Å². The van der Waals surface area contributed by atoms with Crippen molar-refractivity contribution in [1.29, 1.82) is 0 Å². The molecule has 0 aromatic heterocycles. The summed E-state index contributed by atoms with van der Waals surface area (Å²) in [6.07, 6.45) is 0. The minimum Gasteiger partial charge on any atom is -0.340 e. The monoisotopic (exact) mass is 248 g/mol. The molecule has 0 atom stereocenters. The lowest BCUT2D eigenvalue weighted by atomic mass is 10.0. The molecule has 0 saturated carbocycles. The molecule has 1 aromatic carbocycles. The Bertz CT molecular complexity index is 382. The minimum absolute atomic E-state index is 0.0900. The molecule has 0 aliphatic rings. The van der Waals surface area contributed by atoms with Gasteiger partial charge in [0.1, 0.15) is 0 Å². The van der Waals surface area contributed by atoms with Crippen molar-refractivity contribution in [2.45, 2.75) is 19.8 Å². The normalized spacial score (nSPS) is 11.1. The number of carbonyl (C=O) groups is 1. The molecule has 1 rings (SSSR count). The van der Waals surface area contributed by atoms with Crippen molar-refractivity contribution in [1.82, 2.24) is 9.80 Å². The number of likely N-dealkylation sites (N-methyl/N-ethyl adjacent to an activating group) is 2. The van der Waals surface area contributed by atoms with Crippen molar-refractivity contribution in [2.24, 2.45) is 0 Å². The number of carbonyl (C=O) groups excluding carboxylic acids is 1. The molecule has 0 N–H and O–H groups in total. The molecule has 0 aliphatic heterocycles. The van der Waals surface area contributed by atoms with E-state index in [9.17, 15) is 4.79 Å². The Morgan fingerprint density at radius 3 is 2.06 bits per heavy atom. The number of hydrogen-bond donors (Lipinski definition) is 0. The molecule has 0 radical (unpaired) electrons. The smallest absolute Gasteiger partial charge is 0.253 e. The summed E-state index contributed by atoms with van der Waals surface area (Å²) in [5, 5.41) is 0. The van der Waals surface area contributed by atoms with E-state index in [-0.39, 0.29) is 5.91 Å². The van der Waals surface area contributed by atoms with Gasteiger partial charge in [0.15, 0.2) is 0 Å². The number of rotatable bonds is 5. The van der Waals surface area contributed by atoms with Crippen LogP contribution in [0, 0.1) is 0 Å². The van der Waals surface area contributed by atoms with Gasteiger partial charge < -0.3 is 9.80 Å². The summed E-state index contributed by atoms with van der Waals surface area (Å²) < 4.78 is 0. The maximum atomic E-state index is 12.1. The molecule has 100 valence electrons. The molecule has 0 unspecified atom stereocenters. The van der Waals surface area contributed by atoms with Crippen molar-refractivity contribution in [3.8, 4) is 0 Å². The fourth-order valence-corrected chi connectivity index (χ4v) is 1.68. The van der Waals surface area contributed by atoms with Gasteiger partial charge in [-0.2, -0.15) is 0 Å². The van der Waals surface area contributed by atoms with Crippen LogP contribution in [0.5, 0.6) is 0 Å². The van der Waals surface area contributed by atoms with E-state index in [4.69, 9.17) is 0 Å². The van der Waals surface area contributed by atoms with Crippen LogP contribution in [0.25, 0.3) is 0 Å². The van der Waals surface area contributed by atoms with Gasteiger partial charge in [-0.05, 0) is 37.7 Å². The van der Waals surface area contributed by atoms with Gasteiger partial charge in [-0.15, -0.1) is 0 Å². The molecule has 1 aromatic rings. The number of benzene rings is 1. The molecule has 3 heteroatoms. The van der Waals surface area contributed by atoms with E-state index in [0.29, 0.717) is 5.92 Å². The molecule has 3 nitrogen and oxygen atoms in total. The average Bonchev–Trinajstić information content (AvgIpc) is 2.35. The molecular formula is C15H24N2O. The largest absolute Gasteiger partial charge is 0.340 e. The Kier molecular flexibility index (Phi) is 5.35. The first kappa shape index (κ1) is 14.7. The summed E-state index contributed by atoms with van der Waals surface area (Å²) >= 11 is 0. The van der Waals surface area contributed by atoms with Crippen LogP contribution in [0.3, 0.4) is 0 Å². The second-order valence-corrected chi connectivity index (χ2v) is 5.31. The number of hydrogen-bond acceptors (Lipinski definition) is 2. The van der Waals surface area contributed by atoms with Crippen molar-refractivity contribution < 1.29 is 4.79 Å². The Morgan fingerprint density at radius 1 is 1.06 bits per heavy atom. The van der Waals surface area contributed by atoms with E-state index in [1.807, 2.05) is 45.4 Å². The summed E-state index contributed by atoms with van der Waals surface area (Å²) in [5.74, 6) is 0.591. The maximum absolute atomic E-state index is 12.1. The van der Waals surface area contributed by atoms with Crippen LogP contribution in [0.2, 0.25) is 0 Å². The molecular weight excluding hydrogens is 224 g/mol. The van der Waals surface area contributed by atoms with E-state index < -0.39 is 0 Å². The number of amides is 1. The zero-order valence-electron chi connectivity index (χ0n) is 12.1. The summed E-state index contributed by atoms with van der Waals surface area (Å²) in [6, 6.07) is 7.92. The predicted octanol–water partition coefficient (Wildman–Crippen LogP) is 2.44. The SMILES string of the molecule is CC(C)c1ccc(C(=O)N(C)CCN(C)C)cc1. The van der Waals surface area contributed by atoms with Gasteiger partial charge in [-0.1, -0.05) is 26.0 Å². The van der Waals surface area contributed by atoms with Gasteiger partial charge in [-0.3, -0.25) is 4.79 Å². The summed E-state index contributed by atoms with van der Waals surface area (Å²) in [5.41, 5.74) is 2.03. The first-order chi connectivity index (χ1) is 8.41. The van der Waals surface area contributed by atoms with Crippen molar-refractivity contribution >= 4 is 5.91 Å². The standard InChI is InChI=1S/C15H24N2O/c1-12(2)13-6-8-14(9-7-13)15(18)17(5)11-10-16(3)4/h6-9,12H,10-11H2,1-5H3. The lowest BCUT2D eigenvalue weighted by Gasteiger charge is -2.20. The van der Waals surface area contributed by atoms with Crippen molar-refractivity contribution in [3.63, 3.8) is 0 Å². The molecule has 0 spiro atoms. The first-order valence-corrected chi connectivity index (χ1v) is 6.42. The molecule has 0 bridgehead atoms. The van der Waals surface area contributed by atoms with Crippen molar-refractivity contribution in [2.75, 3.05) is 34.2 Å². The zero-order valence-corrected chi connectivity index (χ0v) is 12.1. The van der Waals surface area contributed by atoms with Gasteiger partial charge >= 0.3 is 0 Å². The van der Waals surface area contributed by atoms with E-state index in [1.54, 1.807) is 4.90 Å². The minimum atomic E-state index is 0.0900. The molecule has 18 heavy (non-hydrogen) atoms. The number of nitrogens with zero attached hydrogens (tertiary/aromatic N) is 2. The van der Waals surface area contributed by atoms with E-state index >= 15 is 0 Å². The lowest BCUT2D eigenvalue weighted by molar-refractivity contribution is 0.0786. The fraction of sp³-hybridized carbons (Fsp3) is 0.533. The van der Waals surface area contributed by atoms with E-state index in [2.05, 4.69) is 18.7 Å². The highest BCUT2D eigenvalue weighted by atomic mass is 16.2. The van der Waals surface area contributed by atoms with Crippen LogP contribution in [0.15, 0.2) is 24.3 Å². The van der Waals surface area contributed by atoms with Crippen LogP contribution in [-0.4, -0.2) is 49.9 Å². The average molecular weight is 248 g/mol. The Balaban J connectivity index is 2.66. The van der Waals surface area contributed by atoms with Crippen LogP contribution in [0.1, 0.15) is 35.7 Å². The lowest BCUT2D eigenvalue weighted by Crippen LogP contribution is -2.33. The van der Waals surface area contributed by atoms with Crippen LogP contribution in [0.4, 0.5) is 0 Å². The van der Waals surface area contributed by atoms with Gasteiger partial charge in [0.05, 0.1) is 0 Å². The second-order valence-electron chi connectivity index (χ2n) is 5.31. The van der Waals surface area contributed by atoms with E-state index in [0.717, 1.165) is 18.7 Å². The third kappa shape index (κ3) is 4.15. The third-order valence-corrected chi connectivity index (χ3v) is 3.05.